The molecule has 2 aromatic carbocycles. The van der Waals surface area contributed by atoms with Gasteiger partial charge in [0.15, 0.2) is 5.11 Å². The van der Waals surface area contributed by atoms with Crippen molar-refractivity contribution < 1.29 is 13.2 Å². The Hall–Kier alpha value is -2.41. The van der Waals surface area contributed by atoms with Gasteiger partial charge in [-0.1, -0.05) is 36.4 Å². The molecular weight excluding hydrogens is 311 g/mol. The molecule has 0 aliphatic heterocycles. The van der Waals surface area contributed by atoms with Gasteiger partial charge < -0.3 is 5.73 Å². The number of hydrazone groups is 1. The number of nitrogens with one attached hydrogen (secondary N) is 1. The fourth-order valence-electron chi connectivity index (χ4n) is 1.90. The van der Waals surface area contributed by atoms with E-state index in [2.05, 4.69) is 22.7 Å². The van der Waals surface area contributed by atoms with Crippen molar-refractivity contribution in [2.24, 2.45) is 10.8 Å². The van der Waals surface area contributed by atoms with Crippen LogP contribution in [0.1, 0.15) is 11.1 Å². The van der Waals surface area contributed by atoms with Gasteiger partial charge in [-0.25, -0.2) is 0 Å². The summed E-state index contributed by atoms with van der Waals surface area (Å²) in [7, 11) is 0. The zero-order valence-electron chi connectivity index (χ0n) is 11.3. The monoisotopic (exact) mass is 323 g/mol. The molecule has 0 radical (unpaired) electrons. The molecule has 0 aliphatic carbocycles. The lowest BCUT2D eigenvalue weighted by molar-refractivity contribution is -0.137. The Bertz CT molecular complexity index is 711. The Labute approximate surface area is 130 Å². The summed E-state index contributed by atoms with van der Waals surface area (Å²) >= 11 is 4.62. The first-order chi connectivity index (χ1) is 10.4. The Balaban J connectivity index is 2.41. The van der Waals surface area contributed by atoms with Crippen molar-refractivity contribution in [3.05, 3.63) is 59.7 Å². The van der Waals surface area contributed by atoms with Crippen molar-refractivity contribution in [2.45, 2.75) is 6.18 Å². The molecular formula is C15H12F3N3S. The molecule has 2 aromatic rings. The highest BCUT2D eigenvalue weighted by Crippen LogP contribution is 2.32. The highest BCUT2D eigenvalue weighted by atomic mass is 32.1. The molecule has 0 saturated carbocycles. The van der Waals surface area contributed by atoms with E-state index in [-0.39, 0.29) is 5.11 Å². The van der Waals surface area contributed by atoms with Crippen LogP contribution in [-0.4, -0.2) is 11.3 Å². The Morgan fingerprint density at radius 1 is 1.14 bits per heavy atom. The number of hydrogen-bond acceptors (Lipinski definition) is 2. The molecule has 7 heteroatoms. The van der Waals surface area contributed by atoms with Gasteiger partial charge in [0.2, 0.25) is 0 Å². The smallest absolute Gasteiger partial charge is 0.375 e. The van der Waals surface area contributed by atoms with Crippen LogP contribution in [0.25, 0.3) is 11.1 Å². The first-order valence-electron chi connectivity index (χ1n) is 6.23. The second-order valence-corrected chi connectivity index (χ2v) is 4.84. The third-order valence-electron chi connectivity index (χ3n) is 2.84. The maximum Gasteiger partial charge on any atom is 0.416 e. The van der Waals surface area contributed by atoms with Gasteiger partial charge >= 0.3 is 6.18 Å². The molecule has 0 fully saturated rings. The molecule has 0 atom stereocenters. The van der Waals surface area contributed by atoms with E-state index in [1.807, 2.05) is 0 Å². The van der Waals surface area contributed by atoms with E-state index in [4.69, 9.17) is 5.73 Å². The number of hydrogen-bond donors (Lipinski definition) is 2. The first-order valence-corrected chi connectivity index (χ1v) is 6.64. The van der Waals surface area contributed by atoms with Gasteiger partial charge in [0.1, 0.15) is 0 Å². The Morgan fingerprint density at radius 2 is 1.86 bits per heavy atom. The number of alkyl halides is 3. The zero-order chi connectivity index (χ0) is 16.2. The number of halogens is 3. The van der Waals surface area contributed by atoms with Gasteiger partial charge in [-0.15, -0.1) is 0 Å². The first kappa shape index (κ1) is 16.0. The molecule has 0 amide bonds. The summed E-state index contributed by atoms with van der Waals surface area (Å²) in [6, 6.07) is 12.1. The molecule has 0 aliphatic rings. The number of nitrogens with zero attached hydrogens (tertiary/aromatic N) is 1. The third kappa shape index (κ3) is 4.05. The van der Waals surface area contributed by atoms with Crippen LogP contribution < -0.4 is 11.2 Å². The van der Waals surface area contributed by atoms with E-state index in [0.717, 1.165) is 12.1 Å². The average molecular weight is 323 g/mol. The van der Waals surface area contributed by atoms with Crippen molar-refractivity contribution in [3.8, 4) is 11.1 Å². The summed E-state index contributed by atoms with van der Waals surface area (Å²) in [6.45, 7) is 0. The third-order valence-corrected chi connectivity index (χ3v) is 2.93. The lowest BCUT2D eigenvalue weighted by atomic mass is 9.98. The van der Waals surface area contributed by atoms with E-state index in [9.17, 15) is 13.2 Å². The number of benzene rings is 2. The summed E-state index contributed by atoms with van der Waals surface area (Å²) in [6.07, 6.45) is -2.93. The predicted molar refractivity (Wildman–Crippen MR) is 84.4 cm³/mol. The lowest BCUT2D eigenvalue weighted by Gasteiger charge is -2.10. The number of rotatable bonds is 3. The molecule has 0 saturated heterocycles. The fourth-order valence-corrected chi connectivity index (χ4v) is 1.95. The number of nitrogens with two attached hydrogens (primary N) is 1. The van der Waals surface area contributed by atoms with Crippen molar-refractivity contribution in [2.75, 3.05) is 0 Å². The van der Waals surface area contributed by atoms with E-state index < -0.39 is 11.7 Å². The number of thiocarbonyl (C=S) groups is 1. The SMILES string of the molecule is NC(=S)NN=Cc1ccccc1-c1cccc(C(F)(F)F)c1. The van der Waals surface area contributed by atoms with Crippen LogP contribution >= 0.6 is 12.2 Å². The molecule has 3 N–H and O–H groups in total. The molecule has 0 spiro atoms. The molecule has 22 heavy (non-hydrogen) atoms. The molecule has 2 rings (SSSR count). The van der Waals surface area contributed by atoms with E-state index >= 15 is 0 Å². The molecule has 114 valence electrons. The molecule has 0 bridgehead atoms. The standard InChI is InChI=1S/C15H12F3N3S/c16-15(17,18)12-6-3-5-10(8-12)13-7-2-1-4-11(13)9-20-21-14(19)22/h1-9H,(H3,19,21,22). The van der Waals surface area contributed by atoms with Crippen molar-refractivity contribution >= 4 is 23.5 Å². The minimum absolute atomic E-state index is 0.00722. The van der Waals surface area contributed by atoms with E-state index in [1.165, 1.54) is 12.3 Å². The maximum absolute atomic E-state index is 12.8. The van der Waals surface area contributed by atoms with Gasteiger partial charge in [-0.3, -0.25) is 5.43 Å². The summed E-state index contributed by atoms with van der Waals surface area (Å²) in [5.41, 5.74) is 8.69. The average Bonchev–Trinajstić information content (AvgIpc) is 2.47. The van der Waals surface area contributed by atoms with Crippen molar-refractivity contribution in [1.29, 1.82) is 0 Å². The summed E-state index contributed by atoms with van der Waals surface area (Å²) in [5.74, 6) is 0. The second-order valence-electron chi connectivity index (χ2n) is 4.40. The summed E-state index contributed by atoms with van der Waals surface area (Å²) in [5, 5.41) is 3.84. The quantitative estimate of drug-likeness (QED) is 0.516. The minimum atomic E-state index is -4.38. The molecule has 0 heterocycles. The lowest BCUT2D eigenvalue weighted by Crippen LogP contribution is -2.24. The topological polar surface area (TPSA) is 50.4 Å². The maximum atomic E-state index is 12.8. The van der Waals surface area contributed by atoms with E-state index in [1.54, 1.807) is 30.3 Å². The van der Waals surface area contributed by atoms with Crippen molar-refractivity contribution in [3.63, 3.8) is 0 Å². The highest BCUT2D eigenvalue weighted by Gasteiger charge is 2.30. The van der Waals surface area contributed by atoms with Crippen LogP contribution in [0.15, 0.2) is 53.6 Å². The van der Waals surface area contributed by atoms with Crippen LogP contribution in [0.5, 0.6) is 0 Å². The van der Waals surface area contributed by atoms with Gasteiger partial charge in [0.05, 0.1) is 11.8 Å². The Kier molecular flexibility index (Phi) is 4.77. The largest absolute Gasteiger partial charge is 0.416 e. The predicted octanol–water partition coefficient (Wildman–Crippen LogP) is 3.54. The zero-order valence-corrected chi connectivity index (χ0v) is 12.1. The van der Waals surface area contributed by atoms with Crippen molar-refractivity contribution in [1.82, 2.24) is 5.43 Å². The Morgan fingerprint density at radius 3 is 2.55 bits per heavy atom. The van der Waals surface area contributed by atoms with Crippen LogP contribution in [0, 0.1) is 0 Å². The highest BCUT2D eigenvalue weighted by molar-refractivity contribution is 7.80. The summed E-state index contributed by atoms with van der Waals surface area (Å²) in [4.78, 5) is 0. The van der Waals surface area contributed by atoms with Crippen LogP contribution in [0.4, 0.5) is 13.2 Å². The second kappa shape index (κ2) is 6.57. The molecule has 0 unspecified atom stereocenters. The van der Waals surface area contributed by atoms with Crippen LogP contribution in [0.3, 0.4) is 0 Å². The summed E-state index contributed by atoms with van der Waals surface area (Å²) < 4.78 is 38.4. The molecule has 0 aromatic heterocycles. The van der Waals surface area contributed by atoms with Gasteiger partial charge in [0, 0.05) is 5.56 Å². The normalized spacial score (nSPS) is 11.6. The van der Waals surface area contributed by atoms with Crippen LogP contribution in [-0.2, 0) is 6.18 Å². The van der Waals surface area contributed by atoms with Gasteiger partial charge in [-0.05, 0) is 35.5 Å². The van der Waals surface area contributed by atoms with Gasteiger partial charge in [0.25, 0.3) is 0 Å². The fraction of sp³-hybridized carbons (Fsp3) is 0.0667. The van der Waals surface area contributed by atoms with Gasteiger partial charge in [-0.2, -0.15) is 18.3 Å². The minimum Gasteiger partial charge on any atom is -0.375 e. The van der Waals surface area contributed by atoms with Crippen LogP contribution in [0.2, 0.25) is 0 Å². The van der Waals surface area contributed by atoms with E-state index in [0.29, 0.717) is 16.7 Å². The molecule has 3 nitrogen and oxygen atoms in total.